The lowest BCUT2D eigenvalue weighted by Gasteiger charge is -2.07. The highest BCUT2D eigenvalue weighted by Gasteiger charge is 2.08. The zero-order chi connectivity index (χ0) is 14.5. The average Bonchev–Trinajstić information content (AvgIpc) is 2.46. The summed E-state index contributed by atoms with van der Waals surface area (Å²) in [5.74, 6) is -0.220. The fraction of sp³-hybridized carbons (Fsp3) is 0.133. The van der Waals surface area contributed by atoms with Gasteiger partial charge in [0.2, 0.25) is 0 Å². The molecular formula is C15H15N3OS. The molecule has 1 amide bonds. The first-order chi connectivity index (χ1) is 9.58. The monoisotopic (exact) mass is 285 g/mol. The van der Waals surface area contributed by atoms with Gasteiger partial charge in [0.05, 0.1) is 0 Å². The number of hydrogen-bond acceptors (Lipinski definition) is 3. The minimum absolute atomic E-state index is 0.220. The van der Waals surface area contributed by atoms with Crippen LogP contribution in [0.3, 0.4) is 0 Å². The van der Waals surface area contributed by atoms with Crippen LogP contribution in [0.1, 0.15) is 27.2 Å². The largest absolute Gasteiger partial charge is 0.389 e. The van der Waals surface area contributed by atoms with Gasteiger partial charge in [0.25, 0.3) is 5.91 Å². The summed E-state index contributed by atoms with van der Waals surface area (Å²) in [6.07, 6.45) is 1.50. The highest BCUT2D eigenvalue weighted by atomic mass is 32.1. The Hall–Kier alpha value is -2.27. The molecule has 0 spiro atoms. The van der Waals surface area contributed by atoms with Gasteiger partial charge in [-0.25, -0.2) is 0 Å². The maximum absolute atomic E-state index is 12.0. The van der Waals surface area contributed by atoms with Gasteiger partial charge < -0.3 is 11.1 Å². The summed E-state index contributed by atoms with van der Waals surface area (Å²) in [6, 6.07) is 11.2. The predicted octanol–water partition coefficient (Wildman–Crippen LogP) is 1.95. The van der Waals surface area contributed by atoms with Gasteiger partial charge in [0.15, 0.2) is 0 Å². The van der Waals surface area contributed by atoms with Crippen molar-refractivity contribution in [1.29, 1.82) is 0 Å². The van der Waals surface area contributed by atoms with E-state index in [9.17, 15) is 4.79 Å². The van der Waals surface area contributed by atoms with E-state index in [1.807, 2.05) is 31.2 Å². The molecule has 102 valence electrons. The van der Waals surface area contributed by atoms with Gasteiger partial charge in [-0.1, -0.05) is 36.5 Å². The molecule has 0 saturated carbocycles. The second-order valence-electron chi connectivity index (χ2n) is 4.41. The van der Waals surface area contributed by atoms with Gasteiger partial charge in [-0.15, -0.1) is 0 Å². The fourth-order valence-corrected chi connectivity index (χ4v) is 1.87. The molecule has 0 aliphatic heterocycles. The molecule has 2 aromatic rings. The van der Waals surface area contributed by atoms with Gasteiger partial charge in [-0.3, -0.25) is 9.78 Å². The van der Waals surface area contributed by atoms with E-state index in [-0.39, 0.29) is 10.9 Å². The molecule has 1 aromatic heterocycles. The van der Waals surface area contributed by atoms with Crippen molar-refractivity contribution in [2.75, 3.05) is 0 Å². The number of pyridine rings is 1. The maximum atomic E-state index is 12.0. The quantitative estimate of drug-likeness (QED) is 0.843. The molecule has 0 unspecified atom stereocenters. The number of thiocarbonyl (C=S) groups is 1. The zero-order valence-electron chi connectivity index (χ0n) is 11.1. The van der Waals surface area contributed by atoms with Crippen molar-refractivity contribution in [1.82, 2.24) is 10.3 Å². The van der Waals surface area contributed by atoms with Crippen molar-refractivity contribution >= 4 is 23.1 Å². The molecule has 3 N–H and O–H groups in total. The zero-order valence-corrected chi connectivity index (χ0v) is 11.9. The molecule has 2 rings (SSSR count). The minimum atomic E-state index is -0.220. The van der Waals surface area contributed by atoms with Crippen molar-refractivity contribution in [2.45, 2.75) is 13.5 Å². The highest BCUT2D eigenvalue weighted by molar-refractivity contribution is 7.80. The van der Waals surface area contributed by atoms with Crippen molar-refractivity contribution in [2.24, 2.45) is 5.73 Å². The smallest absolute Gasteiger partial charge is 0.270 e. The molecule has 5 heteroatoms. The molecule has 0 bridgehead atoms. The van der Waals surface area contributed by atoms with E-state index in [0.29, 0.717) is 17.8 Å². The Morgan fingerprint density at radius 2 is 2.05 bits per heavy atom. The number of hydrogen-bond donors (Lipinski definition) is 2. The maximum Gasteiger partial charge on any atom is 0.270 e. The lowest BCUT2D eigenvalue weighted by Crippen LogP contribution is -2.24. The molecule has 20 heavy (non-hydrogen) atoms. The van der Waals surface area contributed by atoms with Gasteiger partial charge in [0, 0.05) is 18.3 Å². The number of carbonyl (C=O) groups is 1. The standard InChI is InChI=1S/C15H15N3OS/c1-10-4-2-3-5-11(10)8-18-15(19)13-7-6-12(9-17-13)14(16)20/h2-7,9H,8H2,1H3,(H2,16,20)(H,18,19). The van der Waals surface area contributed by atoms with Gasteiger partial charge in [-0.2, -0.15) is 0 Å². The summed E-state index contributed by atoms with van der Waals surface area (Å²) >= 11 is 4.84. The molecule has 1 heterocycles. The molecule has 0 aliphatic carbocycles. The Morgan fingerprint density at radius 3 is 2.65 bits per heavy atom. The van der Waals surface area contributed by atoms with Crippen LogP contribution in [0.2, 0.25) is 0 Å². The summed E-state index contributed by atoms with van der Waals surface area (Å²) in [5.41, 5.74) is 8.70. The van der Waals surface area contributed by atoms with E-state index in [2.05, 4.69) is 10.3 Å². The lowest BCUT2D eigenvalue weighted by molar-refractivity contribution is 0.0946. The van der Waals surface area contributed by atoms with Crippen molar-refractivity contribution < 1.29 is 4.79 Å². The molecule has 0 aliphatic rings. The first-order valence-corrected chi connectivity index (χ1v) is 6.57. The number of nitrogens with zero attached hydrogens (tertiary/aromatic N) is 1. The Balaban J connectivity index is 2.02. The topological polar surface area (TPSA) is 68.0 Å². The number of aromatic nitrogens is 1. The Morgan fingerprint density at radius 1 is 1.30 bits per heavy atom. The van der Waals surface area contributed by atoms with E-state index in [1.54, 1.807) is 12.1 Å². The Kier molecular flexibility index (Phi) is 4.42. The summed E-state index contributed by atoms with van der Waals surface area (Å²) in [6.45, 7) is 2.49. The van der Waals surface area contributed by atoms with E-state index in [1.165, 1.54) is 6.20 Å². The molecule has 0 fully saturated rings. The molecule has 4 nitrogen and oxygen atoms in total. The Bertz CT molecular complexity index is 638. The third kappa shape index (κ3) is 3.39. The summed E-state index contributed by atoms with van der Waals surface area (Å²) < 4.78 is 0. The van der Waals surface area contributed by atoms with E-state index in [4.69, 9.17) is 18.0 Å². The molecule has 0 radical (unpaired) electrons. The first kappa shape index (κ1) is 14.1. The van der Waals surface area contributed by atoms with Crippen molar-refractivity contribution in [3.8, 4) is 0 Å². The van der Waals surface area contributed by atoms with Crippen LogP contribution >= 0.6 is 12.2 Å². The highest BCUT2D eigenvalue weighted by Crippen LogP contribution is 2.07. The fourth-order valence-electron chi connectivity index (χ4n) is 1.75. The van der Waals surface area contributed by atoms with Gasteiger partial charge in [0.1, 0.15) is 10.7 Å². The second-order valence-corrected chi connectivity index (χ2v) is 4.85. The van der Waals surface area contributed by atoms with Gasteiger partial charge in [-0.05, 0) is 30.2 Å². The predicted molar refractivity (Wildman–Crippen MR) is 82.5 cm³/mol. The van der Waals surface area contributed by atoms with Crippen LogP contribution in [0.25, 0.3) is 0 Å². The summed E-state index contributed by atoms with van der Waals surface area (Å²) in [4.78, 5) is 16.3. The normalized spacial score (nSPS) is 10.1. The number of nitrogens with two attached hydrogens (primary N) is 1. The van der Waals surface area contributed by atoms with Crippen molar-refractivity contribution in [3.63, 3.8) is 0 Å². The SMILES string of the molecule is Cc1ccccc1CNC(=O)c1ccc(C(N)=S)cn1. The number of rotatable bonds is 4. The average molecular weight is 285 g/mol. The van der Waals surface area contributed by atoms with E-state index >= 15 is 0 Å². The minimum Gasteiger partial charge on any atom is -0.389 e. The lowest BCUT2D eigenvalue weighted by atomic mass is 10.1. The van der Waals surface area contributed by atoms with E-state index < -0.39 is 0 Å². The number of benzene rings is 1. The third-order valence-corrected chi connectivity index (χ3v) is 3.22. The van der Waals surface area contributed by atoms with Crippen LogP contribution in [0.15, 0.2) is 42.6 Å². The summed E-state index contributed by atoms with van der Waals surface area (Å²) in [5, 5.41) is 2.84. The Labute approximate surface area is 123 Å². The molecule has 0 saturated heterocycles. The van der Waals surface area contributed by atoms with Crippen molar-refractivity contribution in [3.05, 3.63) is 65.0 Å². The van der Waals surface area contributed by atoms with Crippen LogP contribution in [0.5, 0.6) is 0 Å². The van der Waals surface area contributed by atoms with Crippen LogP contribution < -0.4 is 11.1 Å². The van der Waals surface area contributed by atoms with Crippen LogP contribution in [-0.4, -0.2) is 15.9 Å². The molecule has 1 aromatic carbocycles. The molecule has 0 atom stereocenters. The number of amides is 1. The second kappa shape index (κ2) is 6.25. The van der Waals surface area contributed by atoms with Gasteiger partial charge >= 0.3 is 0 Å². The summed E-state index contributed by atoms with van der Waals surface area (Å²) in [7, 11) is 0. The number of carbonyl (C=O) groups excluding carboxylic acids is 1. The van der Waals surface area contributed by atoms with Crippen LogP contribution in [0.4, 0.5) is 0 Å². The first-order valence-electron chi connectivity index (χ1n) is 6.16. The number of nitrogens with one attached hydrogen (secondary N) is 1. The number of aryl methyl sites for hydroxylation is 1. The molecular weight excluding hydrogens is 270 g/mol. The van der Waals surface area contributed by atoms with E-state index in [0.717, 1.165) is 11.1 Å². The van der Waals surface area contributed by atoms with Crippen LogP contribution in [0, 0.1) is 6.92 Å². The van der Waals surface area contributed by atoms with Crippen LogP contribution in [-0.2, 0) is 6.54 Å². The third-order valence-electron chi connectivity index (χ3n) is 2.98.